The van der Waals surface area contributed by atoms with Crippen LogP contribution >= 0.6 is 0 Å². The zero-order valence-corrected chi connectivity index (χ0v) is 18.6. The van der Waals surface area contributed by atoms with E-state index in [4.69, 9.17) is 4.74 Å². The smallest absolute Gasteiger partial charge is 0.410 e. The molecular formula is C24H40N2O3. The monoisotopic (exact) mass is 404 g/mol. The first kappa shape index (κ1) is 23.7. The lowest BCUT2D eigenvalue weighted by molar-refractivity contribution is 0.0267. The molecule has 1 saturated heterocycles. The third-order valence-electron chi connectivity index (χ3n) is 5.77. The minimum absolute atomic E-state index is 0.278. The summed E-state index contributed by atoms with van der Waals surface area (Å²) < 4.78 is 5.38. The fourth-order valence-corrected chi connectivity index (χ4v) is 4.11. The number of carbonyl (C=O) groups is 1. The first-order valence-electron chi connectivity index (χ1n) is 11.4. The summed E-state index contributed by atoms with van der Waals surface area (Å²) in [5, 5.41) is 11.2. The number of piperidine rings is 1. The topological polar surface area (TPSA) is 53.0 Å². The average molecular weight is 405 g/mol. The van der Waals surface area contributed by atoms with Gasteiger partial charge in [0.1, 0.15) is 0 Å². The highest BCUT2D eigenvalue weighted by Crippen LogP contribution is 2.27. The van der Waals surface area contributed by atoms with Crippen molar-refractivity contribution in [1.29, 1.82) is 0 Å². The molecule has 5 heteroatoms. The van der Waals surface area contributed by atoms with Gasteiger partial charge in [-0.2, -0.15) is 0 Å². The zero-order valence-electron chi connectivity index (χ0n) is 18.6. The summed E-state index contributed by atoms with van der Waals surface area (Å²) in [6.45, 7) is 10.5. The summed E-state index contributed by atoms with van der Waals surface area (Å²) in [6.07, 6.45) is 5.46. The summed E-state index contributed by atoms with van der Waals surface area (Å²) in [7, 11) is 0. The fourth-order valence-electron chi connectivity index (χ4n) is 4.11. The molecule has 1 fully saturated rings. The second-order valence-electron chi connectivity index (χ2n) is 8.54. The van der Waals surface area contributed by atoms with Crippen LogP contribution in [0.4, 0.5) is 4.79 Å². The second-order valence-corrected chi connectivity index (χ2v) is 8.54. The molecule has 0 radical (unpaired) electrons. The van der Waals surface area contributed by atoms with Gasteiger partial charge >= 0.3 is 6.09 Å². The van der Waals surface area contributed by atoms with E-state index < -0.39 is 6.10 Å². The van der Waals surface area contributed by atoms with Gasteiger partial charge in [-0.1, -0.05) is 50.6 Å². The third kappa shape index (κ3) is 7.98. The van der Waals surface area contributed by atoms with Gasteiger partial charge in [0.15, 0.2) is 0 Å². The molecular weight excluding hydrogens is 364 g/mol. The molecule has 1 amide bonds. The van der Waals surface area contributed by atoms with Crippen molar-refractivity contribution in [3.63, 3.8) is 0 Å². The summed E-state index contributed by atoms with van der Waals surface area (Å²) in [6, 6.07) is 9.40. The molecule has 164 valence electrons. The van der Waals surface area contributed by atoms with Crippen molar-refractivity contribution in [1.82, 2.24) is 9.80 Å². The summed E-state index contributed by atoms with van der Waals surface area (Å²) in [5.74, 6) is 0.512. The van der Waals surface area contributed by atoms with Crippen molar-refractivity contribution in [2.45, 2.75) is 71.4 Å². The Morgan fingerprint density at radius 2 is 1.83 bits per heavy atom. The summed E-state index contributed by atoms with van der Waals surface area (Å²) in [4.78, 5) is 17.1. The molecule has 0 saturated carbocycles. The Labute approximate surface area is 177 Å². The molecule has 1 N–H and O–H groups in total. The molecule has 1 aliphatic rings. The first-order valence-corrected chi connectivity index (χ1v) is 11.4. The van der Waals surface area contributed by atoms with Gasteiger partial charge in [0.05, 0.1) is 18.8 Å². The molecule has 1 aromatic carbocycles. The number of carbonyl (C=O) groups excluding carboxylic acids is 1. The lowest BCUT2D eigenvalue weighted by atomic mass is 9.94. The predicted octanol–water partition coefficient (Wildman–Crippen LogP) is 4.86. The lowest BCUT2D eigenvalue weighted by Crippen LogP contribution is -2.45. The van der Waals surface area contributed by atoms with Gasteiger partial charge < -0.3 is 19.6 Å². The number of amides is 1. The maximum Gasteiger partial charge on any atom is 0.410 e. The standard InChI is InChI=1S/C24H40N2O3/c1-4-29-24(28)26(19-11-18-25-16-9-6-10-17-25)22(15-14-20(2)3)23(27)21-12-7-5-8-13-21/h5,7-8,12-13,20,22-23,27H,4,6,9-11,14-19H2,1-3H3/t22-,23+/m0/s1. The maximum absolute atomic E-state index is 12.8. The van der Waals surface area contributed by atoms with Crippen LogP contribution in [0.5, 0.6) is 0 Å². The van der Waals surface area contributed by atoms with Crippen LogP contribution in [0.1, 0.15) is 71.0 Å². The second kappa shape index (κ2) is 12.9. The molecule has 2 rings (SSSR count). The largest absolute Gasteiger partial charge is 0.450 e. The highest BCUT2D eigenvalue weighted by Gasteiger charge is 2.31. The van der Waals surface area contributed by atoms with E-state index in [2.05, 4.69) is 18.7 Å². The predicted molar refractivity (Wildman–Crippen MR) is 118 cm³/mol. The van der Waals surface area contributed by atoms with Crippen molar-refractivity contribution < 1.29 is 14.6 Å². The van der Waals surface area contributed by atoms with Gasteiger partial charge in [-0.15, -0.1) is 0 Å². The van der Waals surface area contributed by atoms with Gasteiger partial charge in [-0.25, -0.2) is 4.79 Å². The number of aliphatic hydroxyl groups excluding tert-OH is 1. The molecule has 2 atom stereocenters. The molecule has 1 aromatic rings. The Balaban J connectivity index is 2.11. The van der Waals surface area contributed by atoms with E-state index in [0.717, 1.165) is 44.5 Å². The van der Waals surface area contributed by atoms with Gasteiger partial charge in [-0.05, 0) is 70.1 Å². The van der Waals surface area contributed by atoms with Crippen LogP contribution in [-0.4, -0.2) is 59.8 Å². The number of hydrogen-bond donors (Lipinski definition) is 1. The Bertz CT molecular complexity index is 573. The Morgan fingerprint density at radius 1 is 1.14 bits per heavy atom. The Morgan fingerprint density at radius 3 is 2.45 bits per heavy atom. The van der Waals surface area contributed by atoms with E-state index in [1.54, 1.807) is 4.90 Å². The highest BCUT2D eigenvalue weighted by atomic mass is 16.6. The van der Waals surface area contributed by atoms with Crippen LogP contribution < -0.4 is 0 Å². The normalized spacial score (nSPS) is 17.1. The van der Waals surface area contributed by atoms with Crippen molar-refractivity contribution >= 4 is 6.09 Å². The van der Waals surface area contributed by atoms with E-state index in [9.17, 15) is 9.90 Å². The summed E-state index contributed by atoms with van der Waals surface area (Å²) >= 11 is 0. The lowest BCUT2D eigenvalue weighted by Gasteiger charge is -2.35. The van der Waals surface area contributed by atoms with E-state index >= 15 is 0 Å². The average Bonchev–Trinajstić information content (AvgIpc) is 2.73. The molecule has 1 heterocycles. The van der Waals surface area contributed by atoms with Crippen LogP contribution in [0, 0.1) is 5.92 Å². The SMILES string of the molecule is CCOC(=O)N(CCCN1CCCCC1)[C@@H](CCC(C)C)[C@H](O)c1ccccc1. The number of ether oxygens (including phenoxy) is 1. The molecule has 0 bridgehead atoms. The van der Waals surface area contributed by atoms with Crippen LogP contribution in [0.3, 0.4) is 0 Å². The fraction of sp³-hybridized carbons (Fsp3) is 0.708. The van der Waals surface area contributed by atoms with E-state index in [1.807, 2.05) is 37.3 Å². The van der Waals surface area contributed by atoms with Crippen molar-refractivity contribution in [3.8, 4) is 0 Å². The number of rotatable bonds is 11. The van der Waals surface area contributed by atoms with Crippen LogP contribution in [0.15, 0.2) is 30.3 Å². The minimum atomic E-state index is -0.714. The van der Waals surface area contributed by atoms with Gasteiger partial charge in [0, 0.05) is 6.54 Å². The molecule has 0 unspecified atom stereocenters. The van der Waals surface area contributed by atoms with Gasteiger partial charge in [0.2, 0.25) is 0 Å². The number of nitrogens with zero attached hydrogens (tertiary/aromatic N) is 2. The number of hydrogen-bond acceptors (Lipinski definition) is 4. The molecule has 29 heavy (non-hydrogen) atoms. The molecule has 5 nitrogen and oxygen atoms in total. The highest BCUT2D eigenvalue weighted by molar-refractivity contribution is 5.68. The first-order chi connectivity index (χ1) is 14.0. The number of aliphatic hydroxyl groups is 1. The molecule has 0 aromatic heterocycles. The number of likely N-dealkylation sites (tertiary alicyclic amines) is 1. The van der Waals surface area contributed by atoms with E-state index in [0.29, 0.717) is 19.1 Å². The zero-order chi connectivity index (χ0) is 21.1. The minimum Gasteiger partial charge on any atom is -0.450 e. The third-order valence-corrected chi connectivity index (χ3v) is 5.77. The van der Waals surface area contributed by atoms with Crippen molar-refractivity contribution in [3.05, 3.63) is 35.9 Å². The summed E-state index contributed by atoms with van der Waals surface area (Å²) in [5.41, 5.74) is 0.853. The Hall–Kier alpha value is -1.59. The van der Waals surface area contributed by atoms with E-state index in [1.165, 1.54) is 19.3 Å². The molecule has 0 aliphatic carbocycles. The van der Waals surface area contributed by atoms with Gasteiger partial charge in [0.25, 0.3) is 0 Å². The van der Waals surface area contributed by atoms with Crippen LogP contribution in [0.2, 0.25) is 0 Å². The molecule has 0 spiro atoms. The van der Waals surface area contributed by atoms with Crippen LogP contribution in [-0.2, 0) is 4.74 Å². The maximum atomic E-state index is 12.8. The van der Waals surface area contributed by atoms with Gasteiger partial charge in [-0.3, -0.25) is 0 Å². The van der Waals surface area contributed by atoms with E-state index in [-0.39, 0.29) is 12.1 Å². The van der Waals surface area contributed by atoms with Crippen LogP contribution in [0.25, 0.3) is 0 Å². The quantitative estimate of drug-likeness (QED) is 0.572. The number of benzene rings is 1. The van der Waals surface area contributed by atoms with Crippen molar-refractivity contribution in [2.24, 2.45) is 5.92 Å². The van der Waals surface area contributed by atoms with Crippen molar-refractivity contribution in [2.75, 3.05) is 32.8 Å². The molecule has 1 aliphatic heterocycles. The Kier molecular flexibility index (Phi) is 10.5.